The van der Waals surface area contributed by atoms with E-state index in [0.29, 0.717) is 11.1 Å². The van der Waals surface area contributed by atoms with Crippen molar-refractivity contribution in [2.24, 2.45) is 0 Å². The van der Waals surface area contributed by atoms with Crippen LogP contribution in [0, 0.1) is 0 Å². The van der Waals surface area contributed by atoms with Crippen LogP contribution < -0.4 is 25.5 Å². The standard InChI is InChI=1S/C22H16O9/c1-27-11-7-3-5-9-16(23)14(21(25)29-17(9)11)13-15-19(31-20(13)24)10-6-4-8-12(28-2)18(10)30-22(15)26/h3-8,13,20,23-24H,1-2H3. The summed E-state index contributed by atoms with van der Waals surface area (Å²) >= 11 is 0. The van der Waals surface area contributed by atoms with Crippen LogP contribution >= 0.6 is 0 Å². The summed E-state index contributed by atoms with van der Waals surface area (Å²) in [4.78, 5) is 25.7. The van der Waals surface area contributed by atoms with Gasteiger partial charge in [-0.05, 0) is 24.3 Å². The van der Waals surface area contributed by atoms with Gasteiger partial charge in [0.25, 0.3) is 0 Å². The number of methoxy groups -OCH3 is 2. The van der Waals surface area contributed by atoms with Gasteiger partial charge in [0.15, 0.2) is 22.7 Å². The monoisotopic (exact) mass is 424 g/mol. The lowest BCUT2D eigenvalue weighted by atomic mass is 9.92. The molecule has 3 heterocycles. The predicted molar refractivity (Wildman–Crippen MR) is 108 cm³/mol. The number of aliphatic hydroxyl groups is 1. The Bertz CT molecular complexity index is 1460. The number of para-hydroxylation sites is 2. The Morgan fingerprint density at radius 2 is 1.39 bits per heavy atom. The first-order valence-electron chi connectivity index (χ1n) is 9.27. The van der Waals surface area contributed by atoms with E-state index in [-0.39, 0.29) is 39.2 Å². The molecule has 4 aromatic rings. The number of aliphatic hydroxyl groups excluding tert-OH is 1. The average Bonchev–Trinajstić information content (AvgIpc) is 3.11. The van der Waals surface area contributed by atoms with Crippen molar-refractivity contribution in [2.75, 3.05) is 14.2 Å². The lowest BCUT2D eigenvalue weighted by Crippen LogP contribution is -2.26. The third-order valence-electron chi connectivity index (χ3n) is 5.37. The Morgan fingerprint density at radius 1 is 0.839 bits per heavy atom. The van der Waals surface area contributed by atoms with E-state index in [2.05, 4.69) is 0 Å². The zero-order valence-electron chi connectivity index (χ0n) is 16.4. The molecule has 9 nitrogen and oxygen atoms in total. The fraction of sp³-hybridized carbons (Fsp3) is 0.182. The minimum absolute atomic E-state index is 0.0418. The van der Waals surface area contributed by atoms with Crippen molar-refractivity contribution in [3.8, 4) is 23.0 Å². The number of hydrogen-bond acceptors (Lipinski definition) is 9. The van der Waals surface area contributed by atoms with Crippen molar-refractivity contribution in [3.63, 3.8) is 0 Å². The Hall–Kier alpha value is -3.98. The zero-order valence-corrected chi connectivity index (χ0v) is 16.4. The normalized spacial score (nSPS) is 17.5. The van der Waals surface area contributed by atoms with Gasteiger partial charge < -0.3 is 33.3 Å². The Morgan fingerprint density at radius 3 is 2.00 bits per heavy atom. The summed E-state index contributed by atoms with van der Waals surface area (Å²) in [5, 5.41) is 22.1. The number of ether oxygens (including phenoxy) is 3. The molecule has 31 heavy (non-hydrogen) atoms. The summed E-state index contributed by atoms with van der Waals surface area (Å²) < 4.78 is 26.8. The summed E-state index contributed by atoms with van der Waals surface area (Å²) in [6, 6.07) is 9.60. The van der Waals surface area contributed by atoms with Crippen LogP contribution in [0.3, 0.4) is 0 Å². The molecular formula is C22H16O9. The molecule has 0 saturated carbocycles. The Kier molecular flexibility index (Phi) is 4.16. The van der Waals surface area contributed by atoms with E-state index in [1.165, 1.54) is 20.3 Å². The van der Waals surface area contributed by atoms with Crippen LogP contribution in [-0.4, -0.2) is 30.7 Å². The summed E-state index contributed by atoms with van der Waals surface area (Å²) in [7, 11) is 2.82. The van der Waals surface area contributed by atoms with Crippen molar-refractivity contribution in [1.82, 2.24) is 0 Å². The highest BCUT2D eigenvalue weighted by molar-refractivity contribution is 5.91. The second kappa shape index (κ2) is 6.78. The summed E-state index contributed by atoms with van der Waals surface area (Å²) in [6.45, 7) is 0. The third kappa shape index (κ3) is 2.60. The van der Waals surface area contributed by atoms with Gasteiger partial charge in [0.05, 0.1) is 42.0 Å². The van der Waals surface area contributed by atoms with Gasteiger partial charge in [-0.25, -0.2) is 9.59 Å². The van der Waals surface area contributed by atoms with E-state index < -0.39 is 29.2 Å². The Balaban J connectivity index is 1.82. The van der Waals surface area contributed by atoms with Crippen LogP contribution in [0.15, 0.2) is 54.8 Å². The number of fused-ring (bicyclic) bond motifs is 4. The van der Waals surface area contributed by atoms with E-state index in [9.17, 15) is 19.8 Å². The van der Waals surface area contributed by atoms with Crippen molar-refractivity contribution in [2.45, 2.75) is 12.2 Å². The molecule has 0 saturated heterocycles. The first-order valence-corrected chi connectivity index (χ1v) is 9.27. The second-order valence-corrected chi connectivity index (χ2v) is 6.94. The summed E-state index contributed by atoms with van der Waals surface area (Å²) in [5.74, 6) is -1.17. The zero-order chi connectivity index (χ0) is 21.9. The SMILES string of the molecule is COc1cccc2c(O)c(C3c4c(c5cccc(OC)c5oc4=O)OC3O)c(=O)oc12. The van der Waals surface area contributed by atoms with E-state index in [1.807, 2.05) is 0 Å². The van der Waals surface area contributed by atoms with Gasteiger partial charge in [0.2, 0.25) is 6.29 Å². The fourth-order valence-corrected chi connectivity index (χ4v) is 3.99. The molecule has 0 bridgehead atoms. The Labute approximate surface area is 173 Å². The molecule has 5 rings (SSSR count). The van der Waals surface area contributed by atoms with Gasteiger partial charge in [0.1, 0.15) is 11.5 Å². The molecular weight excluding hydrogens is 408 g/mol. The highest BCUT2D eigenvalue weighted by Gasteiger charge is 2.43. The van der Waals surface area contributed by atoms with Crippen LogP contribution in [-0.2, 0) is 0 Å². The van der Waals surface area contributed by atoms with Crippen LogP contribution in [0.1, 0.15) is 17.0 Å². The largest absolute Gasteiger partial charge is 0.507 e. The lowest BCUT2D eigenvalue weighted by molar-refractivity contribution is -0.00987. The molecule has 9 heteroatoms. The molecule has 1 aliphatic rings. The van der Waals surface area contributed by atoms with E-state index in [4.69, 9.17) is 23.0 Å². The maximum atomic E-state index is 12.9. The first kappa shape index (κ1) is 19.0. The van der Waals surface area contributed by atoms with Gasteiger partial charge in [-0.1, -0.05) is 12.1 Å². The van der Waals surface area contributed by atoms with Gasteiger partial charge in [0, 0.05) is 0 Å². The highest BCUT2D eigenvalue weighted by Crippen LogP contribution is 2.47. The van der Waals surface area contributed by atoms with Gasteiger partial charge in [-0.2, -0.15) is 0 Å². The van der Waals surface area contributed by atoms with Gasteiger partial charge in [-0.3, -0.25) is 0 Å². The minimum atomic E-state index is -1.63. The number of aromatic hydroxyl groups is 1. The third-order valence-corrected chi connectivity index (χ3v) is 5.37. The van der Waals surface area contributed by atoms with Crippen LogP contribution in [0.25, 0.3) is 21.9 Å². The molecule has 0 radical (unpaired) electrons. The molecule has 2 unspecified atom stereocenters. The van der Waals surface area contributed by atoms with E-state index in [1.54, 1.807) is 30.3 Å². The minimum Gasteiger partial charge on any atom is -0.507 e. The highest BCUT2D eigenvalue weighted by atomic mass is 16.6. The van der Waals surface area contributed by atoms with Crippen molar-refractivity contribution in [3.05, 3.63) is 68.4 Å². The molecule has 0 fully saturated rings. The first-order chi connectivity index (χ1) is 15.0. The van der Waals surface area contributed by atoms with Gasteiger partial charge in [-0.15, -0.1) is 0 Å². The lowest BCUT2D eigenvalue weighted by Gasteiger charge is -2.15. The van der Waals surface area contributed by atoms with Crippen molar-refractivity contribution < 1.29 is 33.3 Å². The molecule has 158 valence electrons. The molecule has 2 N–H and O–H groups in total. The summed E-state index contributed by atoms with van der Waals surface area (Å²) in [5.41, 5.74) is -2.01. The molecule has 0 aliphatic carbocycles. The molecule has 2 atom stereocenters. The molecule has 2 aromatic heterocycles. The predicted octanol–water partition coefficient (Wildman–Crippen LogP) is 2.46. The number of rotatable bonds is 3. The van der Waals surface area contributed by atoms with Gasteiger partial charge >= 0.3 is 11.3 Å². The molecule has 1 aliphatic heterocycles. The van der Waals surface area contributed by atoms with Crippen LogP contribution in [0.5, 0.6) is 23.0 Å². The molecule has 0 spiro atoms. The topological polar surface area (TPSA) is 129 Å². The maximum absolute atomic E-state index is 12.9. The number of benzene rings is 2. The quantitative estimate of drug-likeness (QED) is 0.477. The maximum Gasteiger partial charge on any atom is 0.344 e. The van der Waals surface area contributed by atoms with E-state index in [0.717, 1.165) is 0 Å². The average molecular weight is 424 g/mol. The molecule has 2 aromatic carbocycles. The molecule has 0 amide bonds. The smallest absolute Gasteiger partial charge is 0.344 e. The van der Waals surface area contributed by atoms with Crippen molar-refractivity contribution in [1.29, 1.82) is 0 Å². The fourth-order valence-electron chi connectivity index (χ4n) is 3.99. The summed E-state index contributed by atoms with van der Waals surface area (Å²) in [6.07, 6.45) is -1.63. The number of hydrogen-bond donors (Lipinski definition) is 2. The van der Waals surface area contributed by atoms with E-state index >= 15 is 0 Å². The van der Waals surface area contributed by atoms with Crippen LogP contribution in [0.4, 0.5) is 0 Å². The van der Waals surface area contributed by atoms with Crippen LogP contribution in [0.2, 0.25) is 0 Å². The van der Waals surface area contributed by atoms with Crippen molar-refractivity contribution >= 4 is 21.9 Å². The second-order valence-electron chi connectivity index (χ2n) is 6.94.